The number of ether oxygens (including phenoxy) is 2. The molecule has 23 heavy (non-hydrogen) atoms. The average Bonchev–Trinajstić information content (AvgIpc) is 2.54. The quantitative estimate of drug-likeness (QED) is 0.468. The number of nitrogens with one attached hydrogen (secondary N) is 1. The van der Waals surface area contributed by atoms with Crippen LogP contribution in [0.25, 0.3) is 0 Å². The Morgan fingerprint density at radius 2 is 1.83 bits per heavy atom. The lowest BCUT2D eigenvalue weighted by Crippen LogP contribution is -2.24. The van der Waals surface area contributed by atoms with Crippen LogP contribution in [0.2, 0.25) is 0 Å². The Hall–Kier alpha value is -3.02. The van der Waals surface area contributed by atoms with Crippen LogP contribution in [-0.4, -0.2) is 25.5 Å². The molecule has 2 aromatic carbocycles. The van der Waals surface area contributed by atoms with Crippen molar-refractivity contribution in [2.24, 2.45) is 10.8 Å². The molecule has 0 aliphatic carbocycles. The van der Waals surface area contributed by atoms with Crippen LogP contribution in [0.5, 0.6) is 11.5 Å². The normalized spacial score (nSPS) is 10.5. The number of hydrazone groups is 1. The highest BCUT2D eigenvalue weighted by Gasteiger charge is 2.01. The van der Waals surface area contributed by atoms with E-state index in [2.05, 4.69) is 10.5 Å². The van der Waals surface area contributed by atoms with Crippen molar-refractivity contribution in [2.45, 2.75) is 6.92 Å². The largest absolute Gasteiger partial charge is 0.490 e. The summed E-state index contributed by atoms with van der Waals surface area (Å²) in [5, 5.41) is 3.73. The SMILES string of the molecule is Cc1ccc(OCCOc2ccccc2C=NNC(N)=O)cc1. The molecular weight excluding hydrogens is 294 g/mol. The first kappa shape index (κ1) is 16.4. The highest BCUT2D eigenvalue weighted by molar-refractivity contribution is 5.84. The third kappa shape index (κ3) is 5.70. The first-order valence-electron chi connectivity index (χ1n) is 7.15. The van der Waals surface area contributed by atoms with Gasteiger partial charge in [-0.2, -0.15) is 5.10 Å². The van der Waals surface area contributed by atoms with E-state index in [0.29, 0.717) is 19.0 Å². The van der Waals surface area contributed by atoms with Gasteiger partial charge in [-0.1, -0.05) is 29.8 Å². The lowest BCUT2D eigenvalue weighted by molar-refractivity contribution is 0.217. The molecule has 0 aromatic heterocycles. The highest BCUT2D eigenvalue weighted by Crippen LogP contribution is 2.16. The zero-order valence-corrected chi connectivity index (χ0v) is 12.9. The van der Waals surface area contributed by atoms with Crippen molar-refractivity contribution in [3.05, 3.63) is 59.7 Å². The monoisotopic (exact) mass is 313 g/mol. The predicted molar refractivity (Wildman–Crippen MR) is 88.9 cm³/mol. The van der Waals surface area contributed by atoms with Gasteiger partial charge < -0.3 is 15.2 Å². The molecular formula is C17H19N3O3. The third-order valence-electron chi connectivity index (χ3n) is 2.93. The van der Waals surface area contributed by atoms with Crippen LogP contribution in [0.15, 0.2) is 53.6 Å². The van der Waals surface area contributed by atoms with Gasteiger partial charge in [-0.25, -0.2) is 10.2 Å². The van der Waals surface area contributed by atoms with E-state index < -0.39 is 6.03 Å². The van der Waals surface area contributed by atoms with Crippen LogP contribution in [0.1, 0.15) is 11.1 Å². The number of hydrogen-bond donors (Lipinski definition) is 2. The standard InChI is InChI=1S/C17H19N3O3/c1-13-6-8-15(9-7-13)22-10-11-23-16-5-3-2-4-14(16)12-19-20-17(18)21/h2-9,12H,10-11H2,1H3,(H3,18,20,21). The summed E-state index contributed by atoms with van der Waals surface area (Å²) < 4.78 is 11.3. The molecule has 120 valence electrons. The van der Waals surface area contributed by atoms with Gasteiger partial charge in [-0.05, 0) is 31.2 Å². The number of hydrogen-bond acceptors (Lipinski definition) is 4. The van der Waals surface area contributed by atoms with Gasteiger partial charge in [0.1, 0.15) is 24.7 Å². The minimum absolute atomic E-state index is 0.391. The molecule has 0 heterocycles. The van der Waals surface area contributed by atoms with Crippen LogP contribution < -0.4 is 20.6 Å². The fraction of sp³-hybridized carbons (Fsp3) is 0.176. The summed E-state index contributed by atoms with van der Waals surface area (Å²) in [5.74, 6) is 1.45. The maximum Gasteiger partial charge on any atom is 0.332 e. The number of rotatable bonds is 7. The molecule has 0 fully saturated rings. The predicted octanol–water partition coefficient (Wildman–Crippen LogP) is 2.46. The minimum Gasteiger partial charge on any atom is -0.490 e. The molecule has 0 atom stereocenters. The summed E-state index contributed by atoms with van der Waals surface area (Å²) in [4.78, 5) is 10.6. The van der Waals surface area contributed by atoms with Gasteiger partial charge in [0, 0.05) is 5.56 Å². The van der Waals surface area contributed by atoms with Crippen LogP contribution in [0.4, 0.5) is 4.79 Å². The summed E-state index contributed by atoms with van der Waals surface area (Å²) in [6.45, 7) is 2.84. The molecule has 2 aromatic rings. The zero-order chi connectivity index (χ0) is 16.5. The molecule has 0 aliphatic heterocycles. The lowest BCUT2D eigenvalue weighted by Gasteiger charge is -2.10. The van der Waals surface area contributed by atoms with E-state index in [9.17, 15) is 4.79 Å². The fourth-order valence-corrected chi connectivity index (χ4v) is 1.83. The van der Waals surface area contributed by atoms with E-state index in [0.717, 1.165) is 11.3 Å². The zero-order valence-electron chi connectivity index (χ0n) is 12.9. The van der Waals surface area contributed by atoms with E-state index >= 15 is 0 Å². The number of aryl methyl sites for hydroxylation is 1. The summed E-state index contributed by atoms with van der Waals surface area (Å²) in [7, 11) is 0. The topological polar surface area (TPSA) is 85.9 Å². The van der Waals surface area contributed by atoms with Crippen molar-refractivity contribution >= 4 is 12.2 Å². The number of carbonyl (C=O) groups is 1. The average molecular weight is 313 g/mol. The van der Waals surface area contributed by atoms with E-state index in [1.807, 2.05) is 55.5 Å². The number of benzene rings is 2. The second kappa shape index (κ2) is 8.43. The van der Waals surface area contributed by atoms with Gasteiger partial charge in [0.05, 0.1) is 6.21 Å². The first-order valence-corrected chi connectivity index (χ1v) is 7.15. The smallest absolute Gasteiger partial charge is 0.332 e. The Morgan fingerprint density at radius 3 is 2.57 bits per heavy atom. The number of nitrogens with zero attached hydrogens (tertiary/aromatic N) is 1. The maximum atomic E-state index is 10.6. The highest BCUT2D eigenvalue weighted by atomic mass is 16.5. The molecule has 3 N–H and O–H groups in total. The Balaban J connectivity index is 1.84. The van der Waals surface area contributed by atoms with E-state index in [4.69, 9.17) is 15.2 Å². The fourth-order valence-electron chi connectivity index (χ4n) is 1.83. The van der Waals surface area contributed by atoms with Gasteiger partial charge in [-0.3, -0.25) is 0 Å². The molecule has 0 aliphatic rings. The molecule has 6 nitrogen and oxygen atoms in total. The van der Waals surface area contributed by atoms with Gasteiger partial charge in [0.2, 0.25) is 0 Å². The summed E-state index contributed by atoms with van der Waals surface area (Å²) in [5.41, 5.74) is 9.01. The molecule has 0 spiro atoms. The van der Waals surface area contributed by atoms with Crippen molar-refractivity contribution in [1.29, 1.82) is 0 Å². The number of para-hydroxylation sites is 1. The second-order valence-electron chi connectivity index (χ2n) is 4.78. The van der Waals surface area contributed by atoms with Crippen LogP contribution >= 0.6 is 0 Å². The Bertz CT molecular complexity index is 669. The third-order valence-corrected chi connectivity index (χ3v) is 2.93. The Kier molecular flexibility index (Phi) is 5.99. The molecule has 2 rings (SSSR count). The summed E-state index contributed by atoms with van der Waals surface area (Å²) >= 11 is 0. The number of amides is 2. The van der Waals surface area contributed by atoms with Gasteiger partial charge >= 0.3 is 6.03 Å². The second-order valence-corrected chi connectivity index (χ2v) is 4.78. The molecule has 0 saturated heterocycles. The van der Waals surface area contributed by atoms with Crippen molar-refractivity contribution in [2.75, 3.05) is 13.2 Å². The van der Waals surface area contributed by atoms with E-state index in [-0.39, 0.29) is 0 Å². The van der Waals surface area contributed by atoms with Gasteiger partial charge in [0.15, 0.2) is 0 Å². The first-order chi connectivity index (χ1) is 11.1. The van der Waals surface area contributed by atoms with Crippen molar-refractivity contribution in [3.63, 3.8) is 0 Å². The number of primary amides is 1. The molecule has 0 saturated carbocycles. The van der Waals surface area contributed by atoms with Crippen LogP contribution in [0.3, 0.4) is 0 Å². The van der Waals surface area contributed by atoms with Crippen molar-refractivity contribution in [1.82, 2.24) is 5.43 Å². The van der Waals surface area contributed by atoms with Gasteiger partial charge in [-0.15, -0.1) is 0 Å². The van der Waals surface area contributed by atoms with Crippen molar-refractivity contribution in [3.8, 4) is 11.5 Å². The Labute approximate surface area is 134 Å². The van der Waals surface area contributed by atoms with Crippen molar-refractivity contribution < 1.29 is 14.3 Å². The molecule has 0 radical (unpaired) electrons. The minimum atomic E-state index is -0.717. The molecule has 2 amide bonds. The maximum absolute atomic E-state index is 10.6. The van der Waals surface area contributed by atoms with Gasteiger partial charge in [0.25, 0.3) is 0 Å². The van der Waals surface area contributed by atoms with E-state index in [1.54, 1.807) is 0 Å². The summed E-state index contributed by atoms with van der Waals surface area (Å²) in [6.07, 6.45) is 1.47. The number of urea groups is 1. The summed E-state index contributed by atoms with van der Waals surface area (Å²) in [6, 6.07) is 14.5. The molecule has 6 heteroatoms. The lowest BCUT2D eigenvalue weighted by atomic mass is 10.2. The van der Waals surface area contributed by atoms with Crippen LogP contribution in [-0.2, 0) is 0 Å². The number of carbonyl (C=O) groups excluding carboxylic acids is 1. The van der Waals surface area contributed by atoms with E-state index in [1.165, 1.54) is 11.8 Å². The number of nitrogens with two attached hydrogens (primary N) is 1. The molecule has 0 unspecified atom stereocenters. The van der Waals surface area contributed by atoms with Crippen LogP contribution in [0, 0.1) is 6.92 Å². The Morgan fingerprint density at radius 1 is 1.13 bits per heavy atom. The molecule has 0 bridgehead atoms.